The molecule has 1 heterocycles. The van der Waals surface area contributed by atoms with Gasteiger partial charge in [0.25, 0.3) is 0 Å². The minimum Gasteiger partial charge on any atom is -0.404 e. The molecule has 0 aliphatic heterocycles. The van der Waals surface area contributed by atoms with Gasteiger partial charge in [-0.1, -0.05) is 11.6 Å². The third kappa shape index (κ3) is 3.51. The van der Waals surface area contributed by atoms with E-state index in [1.807, 2.05) is 0 Å². The van der Waals surface area contributed by atoms with Crippen LogP contribution >= 0.6 is 27.5 Å². The number of hydrogen-bond donors (Lipinski definition) is 1. The molecule has 0 atom stereocenters. The Hall–Kier alpha value is -0.530. The van der Waals surface area contributed by atoms with E-state index >= 15 is 0 Å². The molecular weight excluding hydrogens is 300 g/mol. The second kappa shape index (κ2) is 4.54. The second-order valence-electron chi connectivity index (χ2n) is 2.46. The zero-order valence-corrected chi connectivity index (χ0v) is 9.45. The molecule has 0 bridgehead atoms. The van der Waals surface area contributed by atoms with Crippen LogP contribution in [-0.4, -0.2) is 11.3 Å². The highest BCUT2D eigenvalue weighted by Crippen LogP contribution is 2.33. The van der Waals surface area contributed by atoms with Gasteiger partial charge in [-0.25, -0.2) is 4.98 Å². The van der Waals surface area contributed by atoms with Crippen molar-refractivity contribution in [2.24, 2.45) is 5.73 Å². The first kappa shape index (κ1) is 12.5. The summed E-state index contributed by atoms with van der Waals surface area (Å²) in [6, 6.07) is 1.02. The van der Waals surface area contributed by atoms with Gasteiger partial charge in [-0.3, -0.25) is 0 Å². The molecule has 0 spiro atoms. The number of alkyl halides is 3. The van der Waals surface area contributed by atoms with E-state index in [4.69, 9.17) is 17.3 Å². The summed E-state index contributed by atoms with van der Waals surface area (Å²) >= 11 is 8.52. The average molecular weight is 305 g/mol. The zero-order valence-electron chi connectivity index (χ0n) is 7.11. The Bertz CT molecular complexity index is 372. The predicted molar refractivity (Wildman–Crippen MR) is 51.5 cm³/mol. The largest absolute Gasteiger partial charge is 0.573 e. The minimum absolute atomic E-state index is 0.0769. The van der Waals surface area contributed by atoms with Gasteiger partial charge in [0.15, 0.2) is 5.75 Å². The zero-order chi connectivity index (χ0) is 11.6. The lowest BCUT2D eigenvalue weighted by atomic mass is 10.3. The van der Waals surface area contributed by atoms with Crippen LogP contribution in [0.3, 0.4) is 0 Å². The summed E-state index contributed by atoms with van der Waals surface area (Å²) < 4.78 is 39.7. The minimum atomic E-state index is -4.80. The van der Waals surface area contributed by atoms with E-state index in [1.165, 1.54) is 0 Å². The van der Waals surface area contributed by atoms with Gasteiger partial charge in [0.1, 0.15) is 9.63 Å². The highest BCUT2D eigenvalue weighted by molar-refractivity contribution is 9.10. The van der Waals surface area contributed by atoms with Gasteiger partial charge in [-0.2, -0.15) is 0 Å². The van der Waals surface area contributed by atoms with Gasteiger partial charge in [-0.15, -0.1) is 13.2 Å². The summed E-state index contributed by atoms with van der Waals surface area (Å²) in [5, 5.41) is -0.238. The Balaban J connectivity index is 3.12. The maximum absolute atomic E-state index is 11.9. The van der Waals surface area contributed by atoms with Crippen molar-refractivity contribution in [3.63, 3.8) is 0 Å². The monoisotopic (exact) mass is 304 g/mol. The number of pyridine rings is 1. The molecule has 0 radical (unpaired) electrons. The van der Waals surface area contributed by atoms with E-state index in [0.29, 0.717) is 0 Å². The van der Waals surface area contributed by atoms with Gasteiger partial charge in [-0.05, 0) is 15.9 Å². The summed E-state index contributed by atoms with van der Waals surface area (Å²) in [5.41, 5.74) is 5.38. The Labute approximate surface area is 96.5 Å². The first-order valence-corrected chi connectivity index (χ1v) is 4.81. The van der Waals surface area contributed by atoms with E-state index in [0.717, 1.165) is 6.07 Å². The molecule has 2 N–H and O–H groups in total. The molecule has 3 nitrogen and oxygen atoms in total. The predicted octanol–water partition coefficient (Wildman–Crippen LogP) is 2.85. The van der Waals surface area contributed by atoms with Crippen molar-refractivity contribution in [2.45, 2.75) is 12.9 Å². The first-order chi connectivity index (χ1) is 6.83. The lowest BCUT2D eigenvalue weighted by Crippen LogP contribution is -2.18. The molecule has 0 saturated carbocycles. The first-order valence-electron chi connectivity index (χ1n) is 3.64. The fourth-order valence-corrected chi connectivity index (χ4v) is 1.49. The SMILES string of the molecule is NCc1nc(Br)cc(OC(F)(F)F)c1Cl. The number of rotatable bonds is 2. The number of aromatic nitrogens is 1. The highest BCUT2D eigenvalue weighted by atomic mass is 79.9. The summed E-state index contributed by atoms with van der Waals surface area (Å²) in [6.45, 7) is -0.0769. The summed E-state index contributed by atoms with van der Waals surface area (Å²) in [7, 11) is 0. The highest BCUT2D eigenvalue weighted by Gasteiger charge is 2.32. The molecule has 1 aromatic heterocycles. The molecular formula is C7H5BrClF3N2O. The van der Waals surface area contributed by atoms with E-state index < -0.39 is 12.1 Å². The van der Waals surface area contributed by atoms with Crippen LogP contribution in [-0.2, 0) is 6.54 Å². The van der Waals surface area contributed by atoms with Crippen molar-refractivity contribution in [3.8, 4) is 5.75 Å². The second-order valence-corrected chi connectivity index (χ2v) is 3.65. The summed E-state index contributed by atoms with van der Waals surface area (Å²) in [4.78, 5) is 3.79. The molecule has 0 aliphatic rings. The lowest BCUT2D eigenvalue weighted by Gasteiger charge is -2.12. The summed E-state index contributed by atoms with van der Waals surface area (Å²) in [6.07, 6.45) is -4.80. The van der Waals surface area contributed by atoms with Crippen LogP contribution in [0, 0.1) is 0 Å². The van der Waals surface area contributed by atoms with E-state index in [1.54, 1.807) is 0 Å². The Morgan fingerprint density at radius 1 is 1.53 bits per heavy atom. The van der Waals surface area contributed by atoms with Crippen LogP contribution in [0.15, 0.2) is 10.7 Å². The Morgan fingerprint density at radius 2 is 2.13 bits per heavy atom. The van der Waals surface area contributed by atoms with E-state index in [-0.39, 0.29) is 21.9 Å². The standard InChI is InChI=1S/C7H5BrClF3N2O/c8-5-1-4(15-7(10,11)12)6(9)3(2-13)14-5/h1H,2,13H2. The molecule has 0 aromatic carbocycles. The third-order valence-electron chi connectivity index (χ3n) is 1.38. The quantitative estimate of drug-likeness (QED) is 0.855. The molecule has 0 aliphatic carbocycles. The molecule has 15 heavy (non-hydrogen) atoms. The molecule has 0 unspecified atom stereocenters. The summed E-state index contributed by atoms with van der Waals surface area (Å²) in [5.74, 6) is -0.522. The molecule has 1 aromatic rings. The fraction of sp³-hybridized carbons (Fsp3) is 0.286. The maximum atomic E-state index is 11.9. The van der Waals surface area contributed by atoms with Crippen LogP contribution < -0.4 is 10.5 Å². The molecule has 84 valence electrons. The maximum Gasteiger partial charge on any atom is 0.573 e. The Morgan fingerprint density at radius 3 is 2.60 bits per heavy atom. The van der Waals surface area contributed by atoms with E-state index in [2.05, 4.69) is 25.7 Å². The molecule has 8 heteroatoms. The van der Waals surface area contributed by atoms with Crippen molar-refractivity contribution in [3.05, 3.63) is 21.4 Å². The smallest absolute Gasteiger partial charge is 0.404 e. The van der Waals surface area contributed by atoms with E-state index in [9.17, 15) is 13.2 Å². The Kier molecular flexibility index (Phi) is 3.80. The van der Waals surface area contributed by atoms with Gasteiger partial charge in [0.05, 0.1) is 5.69 Å². The van der Waals surface area contributed by atoms with Crippen LogP contribution in [0.1, 0.15) is 5.69 Å². The molecule has 0 saturated heterocycles. The van der Waals surface area contributed by atoms with Crippen molar-refractivity contribution < 1.29 is 17.9 Å². The van der Waals surface area contributed by atoms with Crippen LogP contribution in [0.2, 0.25) is 5.02 Å². The normalized spacial score (nSPS) is 11.6. The van der Waals surface area contributed by atoms with Crippen molar-refractivity contribution >= 4 is 27.5 Å². The third-order valence-corrected chi connectivity index (χ3v) is 2.19. The van der Waals surface area contributed by atoms with Gasteiger partial charge in [0.2, 0.25) is 0 Å². The fourth-order valence-electron chi connectivity index (χ4n) is 0.858. The number of nitrogens with two attached hydrogens (primary N) is 1. The van der Waals surface area contributed by atoms with Gasteiger partial charge in [0, 0.05) is 12.6 Å². The number of nitrogens with zero attached hydrogens (tertiary/aromatic N) is 1. The van der Waals surface area contributed by atoms with Crippen molar-refractivity contribution in [1.82, 2.24) is 4.98 Å². The number of halogens is 5. The number of ether oxygens (including phenoxy) is 1. The molecule has 0 fully saturated rings. The average Bonchev–Trinajstić information content (AvgIpc) is 2.08. The topological polar surface area (TPSA) is 48.1 Å². The lowest BCUT2D eigenvalue weighted by molar-refractivity contribution is -0.274. The molecule has 1 rings (SSSR count). The molecule has 0 amide bonds. The van der Waals surface area contributed by atoms with Crippen molar-refractivity contribution in [2.75, 3.05) is 0 Å². The van der Waals surface area contributed by atoms with Crippen LogP contribution in [0.4, 0.5) is 13.2 Å². The number of hydrogen-bond acceptors (Lipinski definition) is 3. The van der Waals surface area contributed by atoms with Crippen LogP contribution in [0.5, 0.6) is 5.75 Å². The van der Waals surface area contributed by atoms with Crippen LogP contribution in [0.25, 0.3) is 0 Å². The van der Waals surface area contributed by atoms with Crippen molar-refractivity contribution in [1.29, 1.82) is 0 Å². The van der Waals surface area contributed by atoms with Gasteiger partial charge < -0.3 is 10.5 Å². The van der Waals surface area contributed by atoms with Gasteiger partial charge >= 0.3 is 6.36 Å².